The lowest BCUT2D eigenvalue weighted by Crippen LogP contribution is -2.37. The lowest BCUT2D eigenvalue weighted by Gasteiger charge is -2.28. The summed E-state index contributed by atoms with van der Waals surface area (Å²) in [6.07, 6.45) is -0.870. The van der Waals surface area contributed by atoms with Gasteiger partial charge in [0.05, 0.1) is 24.5 Å². The Bertz CT molecular complexity index is 1070. The Labute approximate surface area is 174 Å². The van der Waals surface area contributed by atoms with Crippen molar-refractivity contribution in [1.29, 1.82) is 0 Å². The van der Waals surface area contributed by atoms with Crippen molar-refractivity contribution in [3.63, 3.8) is 0 Å². The summed E-state index contributed by atoms with van der Waals surface area (Å²) < 4.78 is 5.27. The fourth-order valence-electron chi connectivity index (χ4n) is 4.18. The van der Waals surface area contributed by atoms with Crippen molar-refractivity contribution in [3.05, 3.63) is 90.5 Å². The number of ether oxygens (including phenoxy) is 1. The molecule has 6 heteroatoms. The highest BCUT2D eigenvalue weighted by Gasteiger charge is 2.60. The molecule has 5 rings (SSSR count). The van der Waals surface area contributed by atoms with Crippen LogP contribution in [0, 0.1) is 5.92 Å². The summed E-state index contributed by atoms with van der Waals surface area (Å²) in [5.41, 5.74) is 2.23. The molecule has 0 aliphatic carbocycles. The smallest absolute Gasteiger partial charge is 0.266 e. The molecular weight excluding hydrogens is 380 g/mol. The molecular formula is C24H20N2O4. The summed E-state index contributed by atoms with van der Waals surface area (Å²) in [6, 6.07) is 25.6. The Hall–Kier alpha value is -3.64. The lowest BCUT2D eigenvalue weighted by molar-refractivity contribution is -0.126. The minimum atomic E-state index is -0.870. The zero-order valence-electron chi connectivity index (χ0n) is 16.3. The van der Waals surface area contributed by atoms with E-state index in [0.29, 0.717) is 5.69 Å². The first-order valence-electron chi connectivity index (χ1n) is 9.77. The molecule has 0 bridgehead atoms. The van der Waals surface area contributed by atoms with Crippen LogP contribution in [0.1, 0.15) is 11.6 Å². The zero-order chi connectivity index (χ0) is 20.7. The normalized spacial score (nSPS) is 23.0. The molecule has 30 heavy (non-hydrogen) atoms. The van der Waals surface area contributed by atoms with Crippen LogP contribution < -0.4 is 14.7 Å². The number of carbonyl (C=O) groups is 2. The fourth-order valence-corrected chi connectivity index (χ4v) is 4.18. The molecule has 0 N–H and O–H groups in total. The van der Waals surface area contributed by atoms with Gasteiger partial charge in [0.2, 0.25) is 5.91 Å². The van der Waals surface area contributed by atoms with Crippen LogP contribution in [0.15, 0.2) is 84.9 Å². The van der Waals surface area contributed by atoms with Crippen molar-refractivity contribution in [2.75, 3.05) is 17.1 Å². The third-order valence-electron chi connectivity index (χ3n) is 5.60. The minimum Gasteiger partial charge on any atom is -0.497 e. The van der Waals surface area contributed by atoms with Gasteiger partial charge in [0, 0.05) is 0 Å². The maximum atomic E-state index is 13.5. The fraction of sp³-hybridized carbons (Fsp3) is 0.167. The molecule has 2 saturated heterocycles. The van der Waals surface area contributed by atoms with Gasteiger partial charge in [0.1, 0.15) is 11.7 Å². The maximum absolute atomic E-state index is 13.5. The molecule has 2 aliphatic heterocycles. The van der Waals surface area contributed by atoms with Crippen LogP contribution in [0.5, 0.6) is 5.75 Å². The van der Waals surface area contributed by atoms with E-state index < -0.39 is 18.1 Å². The zero-order valence-corrected chi connectivity index (χ0v) is 16.3. The molecule has 2 amide bonds. The van der Waals surface area contributed by atoms with Crippen LogP contribution in [0.2, 0.25) is 0 Å². The van der Waals surface area contributed by atoms with Gasteiger partial charge in [0.15, 0.2) is 6.10 Å². The number of anilines is 2. The van der Waals surface area contributed by atoms with Crippen molar-refractivity contribution >= 4 is 23.2 Å². The second kappa shape index (κ2) is 7.31. The van der Waals surface area contributed by atoms with E-state index in [1.54, 1.807) is 24.3 Å². The molecule has 3 aromatic rings. The molecule has 3 atom stereocenters. The molecule has 6 nitrogen and oxygen atoms in total. The number of methoxy groups -OCH3 is 1. The molecule has 0 aromatic heterocycles. The van der Waals surface area contributed by atoms with Crippen molar-refractivity contribution in [2.24, 2.45) is 5.92 Å². The van der Waals surface area contributed by atoms with Crippen LogP contribution in [-0.4, -0.2) is 25.0 Å². The van der Waals surface area contributed by atoms with Gasteiger partial charge in [0.25, 0.3) is 5.91 Å². The van der Waals surface area contributed by atoms with Gasteiger partial charge < -0.3 is 4.74 Å². The molecule has 2 heterocycles. The van der Waals surface area contributed by atoms with E-state index >= 15 is 0 Å². The topological polar surface area (TPSA) is 59.1 Å². The van der Waals surface area contributed by atoms with E-state index in [2.05, 4.69) is 0 Å². The van der Waals surface area contributed by atoms with E-state index in [9.17, 15) is 9.59 Å². The average Bonchev–Trinajstić information content (AvgIpc) is 3.31. The summed E-state index contributed by atoms with van der Waals surface area (Å²) >= 11 is 0. The highest BCUT2D eigenvalue weighted by Crippen LogP contribution is 2.47. The van der Waals surface area contributed by atoms with Crippen LogP contribution in [0.25, 0.3) is 0 Å². The van der Waals surface area contributed by atoms with Gasteiger partial charge in [-0.3, -0.25) is 14.4 Å². The molecule has 2 fully saturated rings. The molecule has 2 aliphatic rings. The van der Waals surface area contributed by atoms with E-state index in [1.165, 1.54) is 4.90 Å². The number of benzene rings is 3. The maximum Gasteiger partial charge on any atom is 0.266 e. The van der Waals surface area contributed by atoms with Crippen molar-refractivity contribution in [1.82, 2.24) is 0 Å². The Morgan fingerprint density at radius 1 is 0.767 bits per heavy atom. The third-order valence-corrected chi connectivity index (χ3v) is 5.60. The van der Waals surface area contributed by atoms with Crippen molar-refractivity contribution in [3.8, 4) is 5.75 Å². The molecule has 0 spiro atoms. The van der Waals surface area contributed by atoms with Crippen LogP contribution in [0.4, 0.5) is 11.4 Å². The highest BCUT2D eigenvalue weighted by molar-refractivity contribution is 6.23. The van der Waals surface area contributed by atoms with Gasteiger partial charge in [-0.1, -0.05) is 48.5 Å². The summed E-state index contributed by atoms with van der Waals surface area (Å²) in [5.74, 6) is -0.518. The molecule has 0 radical (unpaired) electrons. The van der Waals surface area contributed by atoms with Crippen molar-refractivity contribution < 1.29 is 19.2 Å². The summed E-state index contributed by atoms with van der Waals surface area (Å²) in [5, 5.41) is 1.69. The summed E-state index contributed by atoms with van der Waals surface area (Å²) in [6.45, 7) is 0. The van der Waals surface area contributed by atoms with Gasteiger partial charge >= 0.3 is 0 Å². The minimum absolute atomic E-state index is 0.254. The van der Waals surface area contributed by atoms with Gasteiger partial charge in [-0.25, -0.2) is 9.96 Å². The lowest BCUT2D eigenvalue weighted by atomic mass is 9.90. The number of imide groups is 1. The van der Waals surface area contributed by atoms with Crippen molar-refractivity contribution in [2.45, 2.75) is 12.1 Å². The number of para-hydroxylation sites is 2. The molecule has 0 unspecified atom stereocenters. The number of nitrogens with zero attached hydrogens (tertiary/aromatic N) is 2. The quantitative estimate of drug-likeness (QED) is 0.625. The van der Waals surface area contributed by atoms with Gasteiger partial charge in [-0.15, -0.1) is 0 Å². The van der Waals surface area contributed by atoms with E-state index in [-0.39, 0.29) is 11.8 Å². The van der Waals surface area contributed by atoms with E-state index in [4.69, 9.17) is 9.57 Å². The first kappa shape index (κ1) is 18.4. The second-order valence-corrected chi connectivity index (χ2v) is 7.28. The van der Waals surface area contributed by atoms with Crippen LogP contribution >= 0.6 is 0 Å². The SMILES string of the molecule is COc1ccc([C@@H]2[C@H]3C(=O)N(c4ccccc4)C(=O)[C@@H]3ON2c2ccccc2)cc1. The Balaban J connectivity index is 1.58. The number of hydrogen-bond donors (Lipinski definition) is 0. The number of rotatable bonds is 4. The van der Waals surface area contributed by atoms with E-state index in [0.717, 1.165) is 17.0 Å². The first-order chi connectivity index (χ1) is 14.7. The molecule has 3 aromatic carbocycles. The Kier molecular flexibility index (Phi) is 4.48. The van der Waals surface area contributed by atoms with Crippen LogP contribution in [-0.2, 0) is 14.4 Å². The van der Waals surface area contributed by atoms with Crippen LogP contribution in [0.3, 0.4) is 0 Å². The highest BCUT2D eigenvalue weighted by atomic mass is 16.7. The summed E-state index contributed by atoms with van der Waals surface area (Å²) in [7, 11) is 1.61. The molecule has 150 valence electrons. The number of amides is 2. The van der Waals surface area contributed by atoms with Gasteiger partial charge in [-0.05, 0) is 42.0 Å². The average molecular weight is 400 g/mol. The number of hydroxylamine groups is 1. The second-order valence-electron chi connectivity index (χ2n) is 7.28. The summed E-state index contributed by atoms with van der Waals surface area (Å²) in [4.78, 5) is 34.0. The molecule has 0 saturated carbocycles. The predicted octanol–water partition coefficient (Wildman–Crippen LogP) is 3.75. The van der Waals surface area contributed by atoms with Gasteiger partial charge in [-0.2, -0.15) is 0 Å². The number of fused-ring (bicyclic) bond motifs is 1. The van der Waals surface area contributed by atoms with E-state index in [1.807, 2.05) is 72.8 Å². The number of hydrogen-bond acceptors (Lipinski definition) is 5. The number of carbonyl (C=O) groups excluding carboxylic acids is 2. The largest absolute Gasteiger partial charge is 0.497 e. The first-order valence-corrected chi connectivity index (χ1v) is 9.77. The standard InChI is InChI=1S/C24H20N2O4/c1-29-19-14-12-16(13-15-19)21-20-22(30-26(21)18-10-6-3-7-11-18)24(28)25(23(20)27)17-8-4-2-5-9-17/h2-15,20-22H,1H3/t20-,21-,22-/m1/s1. The Morgan fingerprint density at radius 2 is 1.37 bits per heavy atom. The third kappa shape index (κ3) is 2.84. The predicted molar refractivity (Wildman–Crippen MR) is 112 cm³/mol. The Morgan fingerprint density at radius 3 is 1.97 bits per heavy atom. The monoisotopic (exact) mass is 400 g/mol.